The third-order valence-electron chi connectivity index (χ3n) is 3.68. The van der Waals surface area contributed by atoms with Crippen LogP contribution in [-0.4, -0.2) is 18.9 Å². The molecule has 0 saturated carbocycles. The molecule has 1 aromatic rings. The van der Waals surface area contributed by atoms with Crippen LogP contribution in [0.3, 0.4) is 0 Å². The molecule has 1 aliphatic heterocycles. The standard InChI is InChI=1S/C16H22N2O2/c1-12(2)16(3)11-17-9-15(18-16)20-10-13-5-7-14(19-4)8-6-13/h5-9,11-12,18H,10H2,1-4H3. The van der Waals surface area contributed by atoms with E-state index in [2.05, 4.69) is 31.1 Å². The zero-order valence-corrected chi connectivity index (χ0v) is 12.5. The van der Waals surface area contributed by atoms with E-state index in [4.69, 9.17) is 9.47 Å². The molecule has 1 N–H and O–H groups in total. The molecule has 1 unspecified atom stereocenters. The lowest BCUT2D eigenvalue weighted by Crippen LogP contribution is -2.49. The molecular weight excluding hydrogens is 252 g/mol. The van der Waals surface area contributed by atoms with Crippen molar-refractivity contribution in [3.63, 3.8) is 0 Å². The summed E-state index contributed by atoms with van der Waals surface area (Å²) in [7, 11) is 1.66. The van der Waals surface area contributed by atoms with Gasteiger partial charge in [0.05, 0.1) is 18.8 Å². The number of hydrogen-bond acceptors (Lipinski definition) is 4. The summed E-state index contributed by atoms with van der Waals surface area (Å²) in [4.78, 5) is 4.28. The molecule has 0 bridgehead atoms. The highest BCUT2D eigenvalue weighted by Gasteiger charge is 2.29. The minimum atomic E-state index is -0.163. The van der Waals surface area contributed by atoms with Crippen LogP contribution < -0.4 is 10.1 Å². The quantitative estimate of drug-likeness (QED) is 0.897. The fourth-order valence-corrected chi connectivity index (χ4v) is 1.84. The number of benzene rings is 1. The topological polar surface area (TPSA) is 42.9 Å². The third kappa shape index (κ3) is 3.32. The predicted molar refractivity (Wildman–Crippen MR) is 80.7 cm³/mol. The molecular formula is C16H22N2O2. The molecule has 20 heavy (non-hydrogen) atoms. The van der Waals surface area contributed by atoms with Gasteiger partial charge < -0.3 is 14.8 Å². The first-order chi connectivity index (χ1) is 9.53. The molecule has 1 aliphatic rings. The van der Waals surface area contributed by atoms with Gasteiger partial charge in [-0.05, 0) is 30.5 Å². The van der Waals surface area contributed by atoms with Crippen LogP contribution in [0.2, 0.25) is 0 Å². The van der Waals surface area contributed by atoms with Crippen molar-refractivity contribution in [2.75, 3.05) is 7.11 Å². The Labute approximate surface area is 120 Å². The first-order valence-corrected chi connectivity index (χ1v) is 6.82. The highest BCUT2D eigenvalue weighted by Crippen LogP contribution is 2.20. The zero-order chi connectivity index (χ0) is 14.6. The monoisotopic (exact) mass is 274 g/mol. The van der Waals surface area contributed by atoms with Crippen molar-refractivity contribution in [1.29, 1.82) is 0 Å². The summed E-state index contributed by atoms with van der Waals surface area (Å²) in [5.74, 6) is 1.99. The number of rotatable bonds is 5. The Morgan fingerprint density at radius 1 is 1.25 bits per heavy atom. The normalized spacial score (nSPS) is 21.4. The van der Waals surface area contributed by atoms with Crippen molar-refractivity contribution >= 4 is 6.21 Å². The number of aliphatic imine (C=N–C) groups is 1. The van der Waals surface area contributed by atoms with Crippen LogP contribution in [0.5, 0.6) is 5.75 Å². The van der Waals surface area contributed by atoms with E-state index in [1.807, 2.05) is 30.5 Å². The van der Waals surface area contributed by atoms with Crippen LogP contribution in [0.15, 0.2) is 41.3 Å². The molecule has 0 amide bonds. The number of nitrogens with one attached hydrogen (secondary N) is 1. The van der Waals surface area contributed by atoms with Crippen molar-refractivity contribution < 1.29 is 9.47 Å². The summed E-state index contributed by atoms with van der Waals surface area (Å²) in [6, 6.07) is 7.84. The summed E-state index contributed by atoms with van der Waals surface area (Å²) >= 11 is 0. The van der Waals surface area contributed by atoms with Gasteiger partial charge in [-0.2, -0.15) is 0 Å². The zero-order valence-electron chi connectivity index (χ0n) is 12.5. The van der Waals surface area contributed by atoms with Crippen molar-refractivity contribution in [2.24, 2.45) is 10.9 Å². The van der Waals surface area contributed by atoms with E-state index in [1.165, 1.54) is 0 Å². The maximum Gasteiger partial charge on any atom is 0.206 e. The van der Waals surface area contributed by atoms with Gasteiger partial charge in [0.25, 0.3) is 0 Å². The Bertz CT molecular complexity index is 506. The predicted octanol–water partition coefficient (Wildman–Crippen LogP) is 3.10. The summed E-state index contributed by atoms with van der Waals surface area (Å²) in [6.07, 6.45) is 3.64. The van der Waals surface area contributed by atoms with E-state index in [1.54, 1.807) is 13.3 Å². The molecule has 0 spiro atoms. The molecule has 4 heteroatoms. The Hall–Kier alpha value is -1.97. The summed E-state index contributed by atoms with van der Waals surface area (Å²) in [6.45, 7) is 6.94. The molecule has 0 fully saturated rings. The van der Waals surface area contributed by atoms with Crippen LogP contribution in [0.1, 0.15) is 26.3 Å². The summed E-state index contributed by atoms with van der Waals surface area (Å²) in [5, 5.41) is 3.39. The fourth-order valence-electron chi connectivity index (χ4n) is 1.84. The van der Waals surface area contributed by atoms with Crippen LogP contribution in [0, 0.1) is 5.92 Å². The molecule has 0 aromatic heterocycles. The molecule has 0 saturated heterocycles. The molecule has 1 atom stereocenters. The van der Waals surface area contributed by atoms with Gasteiger partial charge in [-0.25, -0.2) is 0 Å². The van der Waals surface area contributed by atoms with Gasteiger partial charge in [0.1, 0.15) is 12.4 Å². The Morgan fingerprint density at radius 3 is 2.55 bits per heavy atom. The fraction of sp³-hybridized carbons (Fsp3) is 0.438. The van der Waals surface area contributed by atoms with E-state index in [9.17, 15) is 0 Å². The second-order valence-electron chi connectivity index (χ2n) is 5.47. The average Bonchev–Trinajstić information content (AvgIpc) is 2.46. The van der Waals surface area contributed by atoms with Crippen molar-refractivity contribution in [1.82, 2.24) is 5.32 Å². The molecule has 4 nitrogen and oxygen atoms in total. The Kier molecular flexibility index (Phi) is 4.32. The Morgan fingerprint density at radius 2 is 1.95 bits per heavy atom. The molecule has 1 aromatic carbocycles. The van der Waals surface area contributed by atoms with Crippen molar-refractivity contribution in [2.45, 2.75) is 32.9 Å². The highest BCUT2D eigenvalue weighted by molar-refractivity contribution is 5.72. The minimum absolute atomic E-state index is 0.163. The smallest absolute Gasteiger partial charge is 0.206 e. The number of nitrogens with zero attached hydrogens (tertiary/aromatic N) is 1. The van der Waals surface area contributed by atoms with Crippen molar-refractivity contribution in [3.8, 4) is 5.75 Å². The number of ether oxygens (including phenoxy) is 2. The van der Waals surface area contributed by atoms with Gasteiger partial charge in [-0.1, -0.05) is 26.0 Å². The Balaban J connectivity index is 1.94. The molecule has 108 valence electrons. The van der Waals surface area contributed by atoms with Gasteiger partial charge in [0.2, 0.25) is 5.88 Å². The van der Waals surface area contributed by atoms with E-state index in [-0.39, 0.29) is 5.54 Å². The SMILES string of the molecule is COc1ccc(COC2=CN=CC(C)(C(C)C)N2)cc1. The average molecular weight is 274 g/mol. The lowest BCUT2D eigenvalue weighted by molar-refractivity contribution is 0.155. The van der Waals surface area contributed by atoms with E-state index in [0.717, 1.165) is 11.3 Å². The van der Waals surface area contributed by atoms with E-state index >= 15 is 0 Å². The number of hydrogen-bond donors (Lipinski definition) is 1. The van der Waals surface area contributed by atoms with Crippen LogP contribution >= 0.6 is 0 Å². The van der Waals surface area contributed by atoms with Gasteiger partial charge >= 0.3 is 0 Å². The van der Waals surface area contributed by atoms with Crippen LogP contribution in [0.25, 0.3) is 0 Å². The lowest BCUT2D eigenvalue weighted by Gasteiger charge is -2.34. The van der Waals surface area contributed by atoms with Gasteiger partial charge in [0, 0.05) is 6.21 Å². The summed E-state index contributed by atoms with van der Waals surface area (Å²) < 4.78 is 10.9. The largest absolute Gasteiger partial charge is 0.497 e. The molecule has 0 radical (unpaired) electrons. The van der Waals surface area contributed by atoms with Crippen LogP contribution in [0.4, 0.5) is 0 Å². The summed E-state index contributed by atoms with van der Waals surface area (Å²) in [5.41, 5.74) is 0.929. The first-order valence-electron chi connectivity index (χ1n) is 6.82. The van der Waals surface area contributed by atoms with E-state index < -0.39 is 0 Å². The molecule has 2 rings (SSSR count). The molecule has 0 aliphatic carbocycles. The maximum absolute atomic E-state index is 5.78. The van der Waals surface area contributed by atoms with Gasteiger partial charge in [-0.3, -0.25) is 4.99 Å². The van der Waals surface area contributed by atoms with Gasteiger partial charge in [-0.15, -0.1) is 0 Å². The minimum Gasteiger partial charge on any atom is -0.497 e. The second kappa shape index (κ2) is 5.99. The second-order valence-corrected chi connectivity index (χ2v) is 5.47. The lowest BCUT2D eigenvalue weighted by atomic mass is 9.89. The highest BCUT2D eigenvalue weighted by atomic mass is 16.5. The third-order valence-corrected chi connectivity index (χ3v) is 3.68. The maximum atomic E-state index is 5.78. The van der Waals surface area contributed by atoms with Crippen molar-refractivity contribution in [3.05, 3.63) is 41.9 Å². The first kappa shape index (κ1) is 14.4. The number of methoxy groups -OCH3 is 1. The van der Waals surface area contributed by atoms with Crippen LogP contribution in [-0.2, 0) is 11.3 Å². The van der Waals surface area contributed by atoms with E-state index in [0.29, 0.717) is 18.4 Å². The molecule has 1 heterocycles. The van der Waals surface area contributed by atoms with Gasteiger partial charge in [0.15, 0.2) is 0 Å².